The third-order valence-electron chi connectivity index (χ3n) is 4.04. The molecule has 2 aliphatic rings. The Labute approximate surface area is 113 Å². The van der Waals surface area contributed by atoms with Gasteiger partial charge in [-0.15, -0.1) is 0 Å². The highest BCUT2D eigenvalue weighted by Crippen LogP contribution is 2.31. The summed E-state index contributed by atoms with van der Waals surface area (Å²) in [6.07, 6.45) is 3.84. The van der Waals surface area contributed by atoms with Gasteiger partial charge in [-0.1, -0.05) is 47.5 Å². The van der Waals surface area contributed by atoms with Crippen molar-refractivity contribution in [1.29, 1.82) is 0 Å². The van der Waals surface area contributed by atoms with E-state index in [2.05, 4.69) is 30.6 Å². The predicted molar refractivity (Wildman–Crippen MR) is 76.6 cm³/mol. The summed E-state index contributed by atoms with van der Waals surface area (Å²) < 4.78 is 0. The van der Waals surface area contributed by atoms with Crippen molar-refractivity contribution in [2.75, 3.05) is 19.6 Å². The lowest BCUT2D eigenvalue weighted by Crippen LogP contribution is -2.49. The summed E-state index contributed by atoms with van der Waals surface area (Å²) in [5, 5.41) is 0. The van der Waals surface area contributed by atoms with Crippen LogP contribution in [-0.4, -0.2) is 47.4 Å². The maximum atomic E-state index is 11.8. The zero-order valence-electron chi connectivity index (χ0n) is 12.8. The van der Waals surface area contributed by atoms with E-state index in [4.69, 9.17) is 0 Å². The fourth-order valence-corrected chi connectivity index (χ4v) is 2.74. The van der Waals surface area contributed by atoms with Crippen molar-refractivity contribution in [2.24, 2.45) is 5.92 Å². The second-order valence-electron chi connectivity index (χ2n) is 5.78. The molecule has 0 spiro atoms. The molecule has 1 unspecified atom stereocenters. The second kappa shape index (κ2) is 7.13. The molecule has 2 fully saturated rings. The Morgan fingerprint density at radius 1 is 1.11 bits per heavy atom. The third-order valence-corrected chi connectivity index (χ3v) is 4.04. The molecule has 1 amide bonds. The maximum Gasteiger partial charge on any atom is 0.225 e. The van der Waals surface area contributed by atoms with Gasteiger partial charge in [0.25, 0.3) is 0 Å². The molecular formula is C15H30N2O. The van der Waals surface area contributed by atoms with Crippen LogP contribution in [0.4, 0.5) is 0 Å². The largest absolute Gasteiger partial charge is 0.337 e. The average molecular weight is 254 g/mol. The molecule has 2 aliphatic heterocycles. The number of carbonyl (C=O) groups excluding carboxylic acids is 1. The van der Waals surface area contributed by atoms with Gasteiger partial charge in [-0.05, 0) is 13.0 Å². The van der Waals surface area contributed by atoms with Crippen LogP contribution < -0.4 is 0 Å². The van der Waals surface area contributed by atoms with Gasteiger partial charge in [-0.3, -0.25) is 9.69 Å². The van der Waals surface area contributed by atoms with Gasteiger partial charge < -0.3 is 4.90 Å². The van der Waals surface area contributed by atoms with E-state index in [1.54, 1.807) is 0 Å². The van der Waals surface area contributed by atoms with Gasteiger partial charge in [0.15, 0.2) is 0 Å². The van der Waals surface area contributed by atoms with Crippen molar-refractivity contribution in [1.82, 2.24) is 9.80 Å². The first kappa shape index (κ1) is 15.5. The molecule has 0 aromatic heterocycles. The quantitative estimate of drug-likeness (QED) is 0.773. The van der Waals surface area contributed by atoms with E-state index in [1.807, 2.05) is 13.8 Å². The summed E-state index contributed by atoms with van der Waals surface area (Å²) in [5.41, 5.74) is 0. The molecule has 2 bridgehead atoms. The Morgan fingerprint density at radius 3 is 2.06 bits per heavy atom. The van der Waals surface area contributed by atoms with E-state index in [0.29, 0.717) is 18.0 Å². The van der Waals surface area contributed by atoms with Crippen LogP contribution in [0.15, 0.2) is 0 Å². The molecule has 2 rings (SSSR count). The molecule has 2 saturated heterocycles. The number of hydrogen-bond donors (Lipinski definition) is 0. The lowest BCUT2D eigenvalue weighted by Gasteiger charge is -2.34. The van der Waals surface area contributed by atoms with Crippen LogP contribution in [0.3, 0.4) is 0 Å². The summed E-state index contributed by atoms with van der Waals surface area (Å²) >= 11 is 0. The van der Waals surface area contributed by atoms with Crippen molar-refractivity contribution >= 4 is 5.91 Å². The van der Waals surface area contributed by atoms with Crippen molar-refractivity contribution in [3.63, 3.8) is 0 Å². The van der Waals surface area contributed by atoms with Crippen LogP contribution >= 0.6 is 0 Å². The van der Waals surface area contributed by atoms with Gasteiger partial charge in [-0.2, -0.15) is 0 Å². The number of nitrogens with zero attached hydrogens (tertiary/aromatic N) is 2. The van der Waals surface area contributed by atoms with Crippen molar-refractivity contribution in [3.05, 3.63) is 0 Å². The Bertz CT molecular complexity index is 263. The number of rotatable bonds is 3. The van der Waals surface area contributed by atoms with Crippen LogP contribution in [0.2, 0.25) is 0 Å². The summed E-state index contributed by atoms with van der Waals surface area (Å²) in [7, 11) is 0. The highest BCUT2D eigenvalue weighted by Gasteiger charge is 2.44. The van der Waals surface area contributed by atoms with E-state index in [1.165, 1.54) is 19.3 Å². The topological polar surface area (TPSA) is 23.6 Å². The van der Waals surface area contributed by atoms with E-state index in [-0.39, 0.29) is 5.92 Å². The summed E-state index contributed by atoms with van der Waals surface area (Å²) in [5.74, 6) is 0.498. The molecule has 0 aromatic carbocycles. The second-order valence-corrected chi connectivity index (χ2v) is 5.78. The molecule has 2 heterocycles. The number of amides is 1. The van der Waals surface area contributed by atoms with E-state index < -0.39 is 0 Å². The summed E-state index contributed by atoms with van der Waals surface area (Å²) in [6.45, 7) is 13.7. The van der Waals surface area contributed by atoms with Crippen molar-refractivity contribution in [3.8, 4) is 0 Å². The van der Waals surface area contributed by atoms with Crippen LogP contribution in [0.5, 0.6) is 0 Å². The molecule has 18 heavy (non-hydrogen) atoms. The Hall–Kier alpha value is -0.570. The molecule has 106 valence electrons. The minimum Gasteiger partial charge on any atom is -0.337 e. The van der Waals surface area contributed by atoms with Crippen LogP contribution in [0.1, 0.15) is 53.9 Å². The fourth-order valence-electron chi connectivity index (χ4n) is 2.74. The Morgan fingerprint density at radius 2 is 1.72 bits per heavy atom. The maximum absolute atomic E-state index is 11.8. The SMILES string of the molecule is CCCC.CCN1C[C@H]2CC1CN2C(=O)C(C)C. The lowest BCUT2D eigenvalue weighted by molar-refractivity contribution is -0.136. The lowest BCUT2D eigenvalue weighted by atomic mass is 10.1. The molecule has 0 saturated carbocycles. The van der Waals surface area contributed by atoms with Gasteiger partial charge in [0.1, 0.15) is 0 Å². The zero-order chi connectivity index (χ0) is 13.7. The number of carbonyl (C=O) groups is 1. The first-order valence-electron chi connectivity index (χ1n) is 7.59. The van der Waals surface area contributed by atoms with Gasteiger partial charge in [0.05, 0.1) is 0 Å². The zero-order valence-corrected chi connectivity index (χ0v) is 12.8. The number of likely N-dealkylation sites (tertiary alicyclic amines) is 2. The number of fused-ring (bicyclic) bond motifs is 2. The van der Waals surface area contributed by atoms with Gasteiger partial charge in [0, 0.05) is 31.1 Å². The van der Waals surface area contributed by atoms with Gasteiger partial charge in [0.2, 0.25) is 5.91 Å². The smallest absolute Gasteiger partial charge is 0.225 e. The predicted octanol–water partition coefficient (Wildman–Crippen LogP) is 2.75. The fraction of sp³-hybridized carbons (Fsp3) is 0.933. The molecule has 0 aromatic rings. The number of piperazine rings is 1. The highest BCUT2D eigenvalue weighted by molar-refractivity contribution is 5.79. The normalized spacial score (nSPS) is 26.4. The highest BCUT2D eigenvalue weighted by atomic mass is 16.2. The standard InChI is InChI=1S/C11H20N2O.C4H10/c1-4-12-6-10-5-9(12)7-13(10)11(14)8(2)3;1-3-4-2/h8-10H,4-7H2,1-3H3;3-4H2,1-2H3/t9?,10-;/m1./s1. The minimum atomic E-state index is 0.157. The molecular weight excluding hydrogens is 224 g/mol. The van der Waals surface area contributed by atoms with E-state index in [0.717, 1.165) is 19.6 Å². The first-order chi connectivity index (χ1) is 8.54. The first-order valence-corrected chi connectivity index (χ1v) is 7.59. The third kappa shape index (κ3) is 3.47. The molecule has 3 heteroatoms. The molecule has 0 radical (unpaired) electrons. The van der Waals surface area contributed by atoms with Crippen LogP contribution in [-0.2, 0) is 4.79 Å². The molecule has 0 aliphatic carbocycles. The summed E-state index contributed by atoms with van der Waals surface area (Å²) in [4.78, 5) is 16.4. The molecule has 0 N–H and O–H groups in total. The monoisotopic (exact) mass is 254 g/mol. The van der Waals surface area contributed by atoms with Crippen LogP contribution in [0, 0.1) is 5.92 Å². The Balaban J connectivity index is 0.000000357. The van der Waals surface area contributed by atoms with Crippen molar-refractivity contribution in [2.45, 2.75) is 66.0 Å². The van der Waals surface area contributed by atoms with Gasteiger partial charge in [-0.25, -0.2) is 0 Å². The molecule has 3 nitrogen and oxygen atoms in total. The number of hydrogen-bond acceptors (Lipinski definition) is 2. The average Bonchev–Trinajstić information content (AvgIpc) is 2.97. The van der Waals surface area contributed by atoms with Gasteiger partial charge >= 0.3 is 0 Å². The number of likely N-dealkylation sites (N-methyl/N-ethyl adjacent to an activating group) is 1. The summed E-state index contributed by atoms with van der Waals surface area (Å²) in [6, 6.07) is 1.16. The molecule has 2 atom stereocenters. The van der Waals surface area contributed by atoms with Crippen LogP contribution in [0.25, 0.3) is 0 Å². The Kier molecular flexibility index (Phi) is 6.13. The van der Waals surface area contributed by atoms with E-state index in [9.17, 15) is 4.79 Å². The number of unbranched alkanes of at least 4 members (excludes halogenated alkanes) is 1. The minimum absolute atomic E-state index is 0.157. The van der Waals surface area contributed by atoms with E-state index >= 15 is 0 Å². The van der Waals surface area contributed by atoms with Crippen molar-refractivity contribution < 1.29 is 4.79 Å².